The largest absolute Gasteiger partial charge is 0.332 e. The average molecular weight is 408 g/mol. The zero-order valence-corrected chi connectivity index (χ0v) is 16.9. The highest BCUT2D eigenvalue weighted by Crippen LogP contribution is 2.33. The van der Waals surface area contributed by atoms with E-state index in [2.05, 4.69) is 40.5 Å². The van der Waals surface area contributed by atoms with E-state index >= 15 is 0 Å². The van der Waals surface area contributed by atoms with Crippen molar-refractivity contribution in [2.75, 3.05) is 6.26 Å². The van der Waals surface area contributed by atoms with Gasteiger partial charge in [0.15, 0.2) is 5.16 Å². The second kappa shape index (κ2) is 8.63. The molecule has 0 spiro atoms. The highest BCUT2D eigenvalue weighted by molar-refractivity contribution is 7.98. The number of rotatable bonds is 6. The Balaban J connectivity index is 1.63. The summed E-state index contributed by atoms with van der Waals surface area (Å²) in [5.74, 6) is 0.554. The number of aromatic amines is 1. The van der Waals surface area contributed by atoms with E-state index < -0.39 is 0 Å². The monoisotopic (exact) mass is 407 g/mol. The van der Waals surface area contributed by atoms with Crippen LogP contribution in [0.1, 0.15) is 5.56 Å². The number of hydrogen-bond donors (Lipinski definition) is 1. The van der Waals surface area contributed by atoms with Gasteiger partial charge in [0.25, 0.3) is 0 Å². The van der Waals surface area contributed by atoms with Crippen LogP contribution in [0.2, 0.25) is 0 Å². The number of hydrogen-bond acceptors (Lipinski definition) is 4. The van der Waals surface area contributed by atoms with Gasteiger partial charge in [0.05, 0.1) is 11.4 Å². The lowest BCUT2D eigenvalue weighted by molar-refractivity contribution is 0.628. The quantitative estimate of drug-likeness (QED) is 0.381. The molecule has 2 heterocycles. The number of thioether (sulfide) groups is 2. The Kier molecular flexibility index (Phi) is 5.78. The molecule has 0 amide bonds. The zero-order valence-electron chi connectivity index (χ0n) is 15.2. The van der Waals surface area contributed by atoms with Crippen LogP contribution in [0.25, 0.3) is 22.6 Å². The van der Waals surface area contributed by atoms with Crippen molar-refractivity contribution in [3.05, 3.63) is 84.3 Å². The van der Waals surface area contributed by atoms with Crippen molar-refractivity contribution in [3.8, 4) is 22.6 Å². The van der Waals surface area contributed by atoms with Crippen molar-refractivity contribution in [1.29, 1.82) is 0 Å². The van der Waals surface area contributed by atoms with Crippen LogP contribution in [0.5, 0.6) is 0 Å². The standard InChI is InChI=1S/C22H18FN3S2/c1-27-18-11-5-15(6-12-18)14-28-22-25-20(16-7-9-17(23)10-8-16)21(26-22)19-4-2-3-13-24-19/h2-13H,14H2,1H3,(H,25,26). The fourth-order valence-electron chi connectivity index (χ4n) is 2.81. The lowest BCUT2D eigenvalue weighted by Crippen LogP contribution is -1.86. The highest BCUT2D eigenvalue weighted by atomic mass is 32.2. The van der Waals surface area contributed by atoms with Gasteiger partial charge in [-0.15, -0.1) is 11.8 Å². The molecule has 0 saturated carbocycles. The van der Waals surface area contributed by atoms with Crippen molar-refractivity contribution in [2.45, 2.75) is 15.8 Å². The van der Waals surface area contributed by atoms with Crippen LogP contribution < -0.4 is 0 Å². The molecule has 28 heavy (non-hydrogen) atoms. The van der Waals surface area contributed by atoms with Crippen molar-refractivity contribution < 1.29 is 4.39 Å². The molecule has 1 N–H and O–H groups in total. The molecule has 6 heteroatoms. The van der Waals surface area contributed by atoms with Gasteiger partial charge in [-0.3, -0.25) is 4.98 Å². The van der Waals surface area contributed by atoms with Gasteiger partial charge in [0.1, 0.15) is 11.5 Å². The van der Waals surface area contributed by atoms with Crippen LogP contribution in [-0.2, 0) is 5.75 Å². The molecule has 0 atom stereocenters. The number of halogens is 1. The number of pyridine rings is 1. The summed E-state index contributed by atoms with van der Waals surface area (Å²) in [5, 5.41) is 0.814. The van der Waals surface area contributed by atoms with E-state index in [1.165, 1.54) is 22.6 Å². The molecular weight excluding hydrogens is 389 g/mol. The van der Waals surface area contributed by atoms with Gasteiger partial charge in [0.2, 0.25) is 0 Å². The minimum atomic E-state index is -0.258. The van der Waals surface area contributed by atoms with Crippen LogP contribution in [0.15, 0.2) is 83.0 Å². The van der Waals surface area contributed by atoms with Gasteiger partial charge in [-0.25, -0.2) is 9.37 Å². The molecule has 0 fully saturated rings. The molecule has 0 aliphatic carbocycles. The van der Waals surface area contributed by atoms with Crippen LogP contribution >= 0.6 is 23.5 Å². The molecule has 3 nitrogen and oxygen atoms in total. The first kappa shape index (κ1) is 18.8. The predicted molar refractivity (Wildman–Crippen MR) is 115 cm³/mol. The third kappa shape index (κ3) is 4.29. The SMILES string of the molecule is CSc1ccc(CSc2nc(-c3ccccn3)c(-c3ccc(F)cc3)[nH]2)cc1. The van der Waals surface area contributed by atoms with E-state index in [9.17, 15) is 4.39 Å². The molecule has 4 aromatic rings. The van der Waals surface area contributed by atoms with Crippen molar-refractivity contribution >= 4 is 23.5 Å². The van der Waals surface area contributed by atoms with E-state index in [-0.39, 0.29) is 5.82 Å². The second-order valence-electron chi connectivity index (χ2n) is 6.12. The maximum atomic E-state index is 13.3. The Morgan fingerprint density at radius 2 is 1.75 bits per heavy atom. The lowest BCUT2D eigenvalue weighted by atomic mass is 10.1. The minimum Gasteiger partial charge on any atom is -0.332 e. The molecule has 140 valence electrons. The summed E-state index contributed by atoms with van der Waals surface area (Å²) in [6.45, 7) is 0. The number of imidazole rings is 1. The van der Waals surface area contributed by atoms with Crippen LogP contribution in [0.3, 0.4) is 0 Å². The Morgan fingerprint density at radius 1 is 0.964 bits per heavy atom. The predicted octanol–water partition coefficient (Wildman–Crippen LogP) is 6.29. The average Bonchev–Trinajstić information content (AvgIpc) is 3.18. The van der Waals surface area contributed by atoms with Gasteiger partial charge < -0.3 is 4.98 Å². The molecule has 0 aliphatic heterocycles. The minimum absolute atomic E-state index is 0.258. The van der Waals surface area contributed by atoms with E-state index in [1.807, 2.05) is 18.2 Å². The Hall–Kier alpha value is -2.57. The summed E-state index contributed by atoms with van der Waals surface area (Å²) in [6, 6.07) is 20.7. The third-order valence-corrected chi connectivity index (χ3v) is 5.95. The summed E-state index contributed by atoms with van der Waals surface area (Å²) in [6.07, 6.45) is 3.82. The summed E-state index contributed by atoms with van der Waals surface area (Å²) < 4.78 is 13.3. The first-order valence-corrected chi connectivity index (χ1v) is 11.0. The van der Waals surface area contributed by atoms with Crippen LogP contribution in [0.4, 0.5) is 4.39 Å². The van der Waals surface area contributed by atoms with Crippen molar-refractivity contribution in [1.82, 2.24) is 15.0 Å². The molecule has 2 aromatic heterocycles. The molecular formula is C22H18FN3S2. The Labute approximate surface area is 171 Å². The zero-order chi connectivity index (χ0) is 19.3. The molecule has 4 rings (SSSR count). The topological polar surface area (TPSA) is 41.6 Å². The third-order valence-electron chi connectivity index (χ3n) is 4.26. The summed E-state index contributed by atoms with van der Waals surface area (Å²) in [7, 11) is 0. The number of aromatic nitrogens is 3. The Morgan fingerprint density at radius 3 is 2.43 bits per heavy atom. The first-order chi connectivity index (χ1) is 13.7. The fourth-order valence-corrected chi connectivity index (χ4v) is 4.04. The van der Waals surface area contributed by atoms with Gasteiger partial charge in [-0.2, -0.15) is 0 Å². The van der Waals surface area contributed by atoms with Crippen molar-refractivity contribution in [3.63, 3.8) is 0 Å². The smallest absolute Gasteiger partial charge is 0.166 e. The number of nitrogens with one attached hydrogen (secondary N) is 1. The van der Waals surface area contributed by atoms with E-state index in [1.54, 1.807) is 41.9 Å². The fraction of sp³-hybridized carbons (Fsp3) is 0.0909. The highest BCUT2D eigenvalue weighted by Gasteiger charge is 2.15. The summed E-state index contributed by atoms with van der Waals surface area (Å²) >= 11 is 3.37. The summed E-state index contributed by atoms with van der Waals surface area (Å²) in [4.78, 5) is 13.9. The second-order valence-corrected chi connectivity index (χ2v) is 7.97. The van der Waals surface area contributed by atoms with Crippen LogP contribution in [-0.4, -0.2) is 21.2 Å². The molecule has 0 unspecified atom stereocenters. The van der Waals surface area contributed by atoms with E-state index in [0.717, 1.165) is 33.6 Å². The van der Waals surface area contributed by atoms with Gasteiger partial charge >= 0.3 is 0 Å². The van der Waals surface area contributed by atoms with E-state index in [0.29, 0.717) is 0 Å². The maximum absolute atomic E-state index is 13.3. The number of H-pyrrole nitrogens is 1. The lowest BCUT2D eigenvalue weighted by Gasteiger charge is -2.02. The maximum Gasteiger partial charge on any atom is 0.166 e. The first-order valence-electron chi connectivity index (χ1n) is 8.76. The summed E-state index contributed by atoms with van der Waals surface area (Å²) in [5.41, 5.74) is 4.52. The van der Waals surface area contributed by atoms with Gasteiger partial charge in [0, 0.05) is 22.4 Å². The number of nitrogens with zero attached hydrogens (tertiary/aromatic N) is 2. The number of benzene rings is 2. The van der Waals surface area contributed by atoms with Gasteiger partial charge in [-0.05, 0) is 60.4 Å². The molecule has 0 radical (unpaired) electrons. The van der Waals surface area contributed by atoms with Gasteiger partial charge in [-0.1, -0.05) is 30.0 Å². The molecule has 2 aromatic carbocycles. The van der Waals surface area contributed by atoms with Crippen LogP contribution in [0, 0.1) is 5.82 Å². The molecule has 0 bridgehead atoms. The molecule has 0 saturated heterocycles. The van der Waals surface area contributed by atoms with Crippen molar-refractivity contribution in [2.24, 2.45) is 0 Å². The molecule has 0 aliphatic rings. The normalized spacial score (nSPS) is 10.9. The Bertz CT molecular complexity index is 1050. The van der Waals surface area contributed by atoms with E-state index in [4.69, 9.17) is 4.98 Å².